The third kappa shape index (κ3) is 4.58. The number of hydrogen-bond donors (Lipinski definition) is 2. The summed E-state index contributed by atoms with van der Waals surface area (Å²) in [6, 6.07) is 0. The molecule has 0 aliphatic carbocycles. The van der Waals surface area contributed by atoms with E-state index in [9.17, 15) is 4.79 Å². The van der Waals surface area contributed by atoms with Crippen molar-refractivity contribution in [3.8, 4) is 0 Å². The van der Waals surface area contributed by atoms with Crippen LogP contribution in [0.1, 0.15) is 19.8 Å². The maximum atomic E-state index is 11.4. The van der Waals surface area contributed by atoms with Crippen LogP contribution in [-0.2, 0) is 4.79 Å². The second kappa shape index (κ2) is 6.79. The first-order valence-corrected chi connectivity index (χ1v) is 5.52. The Labute approximate surface area is 86.0 Å². The van der Waals surface area contributed by atoms with E-state index in [0.29, 0.717) is 6.54 Å². The molecule has 0 bridgehead atoms. The molecule has 82 valence electrons. The van der Waals surface area contributed by atoms with Crippen LogP contribution in [0.4, 0.5) is 0 Å². The van der Waals surface area contributed by atoms with Crippen LogP contribution in [0, 0.1) is 0 Å². The van der Waals surface area contributed by atoms with Gasteiger partial charge in [0, 0.05) is 19.6 Å². The fourth-order valence-electron chi connectivity index (χ4n) is 1.58. The van der Waals surface area contributed by atoms with Gasteiger partial charge in [-0.2, -0.15) is 0 Å². The molecular formula is C10H21N3O. The second-order valence-electron chi connectivity index (χ2n) is 3.73. The lowest BCUT2D eigenvalue weighted by atomic mass is 10.4. The molecule has 0 aromatic rings. The van der Waals surface area contributed by atoms with Crippen LogP contribution in [-0.4, -0.2) is 50.1 Å². The predicted molar refractivity (Wildman–Crippen MR) is 57.2 cm³/mol. The molecule has 4 heteroatoms. The maximum Gasteiger partial charge on any atom is 0.234 e. The molecule has 1 amide bonds. The van der Waals surface area contributed by atoms with Gasteiger partial charge in [-0.05, 0) is 25.9 Å². The highest BCUT2D eigenvalue weighted by atomic mass is 16.2. The normalized spacial score (nSPS) is 18.9. The Hall–Kier alpha value is -0.610. The van der Waals surface area contributed by atoms with E-state index < -0.39 is 0 Å². The van der Waals surface area contributed by atoms with Crippen molar-refractivity contribution >= 4 is 5.91 Å². The molecule has 1 fully saturated rings. The first-order valence-electron chi connectivity index (χ1n) is 5.52. The van der Waals surface area contributed by atoms with E-state index in [1.807, 2.05) is 0 Å². The smallest absolute Gasteiger partial charge is 0.234 e. The molecule has 1 saturated heterocycles. The number of hydrogen-bond acceptors (Lipinski definition) is 3. The van der Waals surface area contributed by atoms with Gasteiger partial charge < -0.3 is 10.6 Å². The topological polar surface area (TPSA) is 44.4 Å². The summed E-state index contributed by atoms with van der Waals surface area (Å²) in [5.41, 5.74) is 0. The van der Waals surface area contributed by atoms with Crippen molar-refractivity contribution in [1.29, 1.82) is 0 Å². The Morgan fingerprint density at radius 1 is 1.43 bits per heavy atom. The van der Waals surface area contributed by atoms with Crippen molar-refractivity contribution in [1.82, 2.24) is 15.5 Å². The first-order chi connectivity index (χ1) is 6.83. The van der Waals surface area contributed by atoms with Gasteiger partial charge in [0.05, 0.1) is 6.54 Å². The van der Waals surface area contributed by atoms with E-state index in [1.54, 1.807) is 0 Å². The number of nitrogens with zero attached hydrogens (tertiary/aromatic N) is 1. The van der Waals surface area contributed by atoms with Gasteiger partial charge in [-0.15, -0.1) is 0 Å². The molecular weight excluding hydrogens is 178 g/mol. The van der Waals surface area contributed by atoms with E-state index in [1.165, 1.54) is 0 Å². The lowest BCUT2D eigenvalue weighted by Crippen LogP contribution is -2.39. The summed E-state index contributed by atoms with van der Waals surface area (Å²) < 4.78 is 0. The van der Waals surface area contributed by atoms with Crippen molar-refractivity contribution in [2.75, 3.05) is 39.3 Å². The van der Waals surface area contributed by atoms with Crippen LogP contribution in [0.3, 0.4) is 0 Å². The molecule has 1 rings (SSSR count). The Morgan fingerprint density at radius 3 is 3.07 bits per heavy atom. The molecule has 0 radical (unpaired) electrons. The third-order valence-electron chi connectivity index (χ3n) is 2.37. The number of amides is 1. The van der Waals surface area contributed by atoms with E-state index in [4.69, 9.17) is 0 Å². The van der Waals surface area contributed by atoms with Gasteiger partial charge in [0.1, 0.15) is 0 Å². The molecule has 4 nitrogen and oxygen atoms in total. The minimum Gasteiger partial charge on any atom is -0.355 e. The Balaban J connectivity index is 2.17. The van der Waals surface area contributed by atoms with Gasteiger partial charge in [0.25, 0.3) is 0 Å². The third-order valence-corrected chi connectivity index (χ3v) is 2.37. The SMILES string of the molecule is CCCNC(=O)CN1CCCNCC1. The molecule has 1 heterocycles. The van der Waals surface area contributed by atoms with Gasteiger partial charge in [0.15, 0.2) is 0 Å². The van der Waals surface area contributed by atoms with Gasteiger partial charge in [0.2, 0.25) is 5.91 Å². The van der Waals surface area contributed by atoms with Gasteiger partial charge in [-0.25, -0.2) is 0 Å². The molecule has 1 aliphatic rings. The monoisotopic (exact) mass is 199 g/mol. The highest BCUT2D eigenvalue weighted by Gasteiger charge is 2.11. The fourth-order valence-corrected chi connectivity index (χ4v) is 1.58. The van der Waals surface area contributed by atoms with Crippen LogP contribution in [0.15, 0.2) is 0 Å². The number of carbonyl (C=O) groups excluding carboxylic acids is 1. The zero-order valence-corrected chi connectivity index (χ0v) is 9.01. The fraction of sp³-hybridized carbons (Fsp3) is 0.900. The highest BCUT2D eigenvalue weighted by molar-refractivity contribution is 5.77. The summed E-state index contributed by atoms with van der Waals surface area (Å²) in [6.45, 7) is 7.52. The van der Waals surface area contributed by atoms with Crippen LogP contribution in [0.5, 0.6) is 0 Å². The zero-order valence-electron chi connectivity index (χ0n) is 9.01. The summed E-state index contributed by atoms with van der Waals surface area (Å²) in [6.07, 6.45) is 2.15. The average molecular weight is 199 g/mol. The summed E-state index contributed by atoms with van der Waals surface area (Å²) in [7, 11) is 0. The number of nitrogens with one attached hydrogen (secondary N) is 2. The lowest BCUT2D eigenvalue weighted by Gasteiger charge is -2.18. The van der Waals surface area contributed by atoms with E-state index in [0.717, 1.165) is 45.6 Å². The lowest BCUT2D eigenvalue weighted by molar-refractivity contribution is -0.122. The molecule has 0 aromatic carbocycles. The van der Waals surface area contributed by atoms with E-state index >= 15 is 0 Å². The van der Waals surface area contributed by atoms with E-state index in [-0.39, 0.29) is 5.91 Å². The first kappa shape index (κ1) is 11.5. The van der Waals surface area contributed by atoms with Gasteiger partial charge in [-0.3, -0.25) is 9.69 Å². The van der Waals surface area contributed by atoms with Crippen molar-refractivity contribution < 1.29 is 4.79 Å². The van der Waals surface area contributed by atoms with Crippen molar-refractivity contribution in [2.45, 2.75) is 19.8 Å². The number of rotatable bonds is 4. The standard InChI is InChI=1S/C10H21N3O/c1-2-4-12-10(14)9-13-7-3-5-11-6-8-13/h11H,2-9H2,1H3,(H,12,14). The molecule has 0 unspecified atom stereocenters. The van der Waals surface area contributed by atoms with Crippen molar-refractivity contribution in [2.24, 2.45) is 0 Å². The minimum atomic E-state index is 0.161. The second-order valence-corrected chi connectivity index (χ2v) is 3.73. The van der Waals surface area contributed by atoms with Crippen LogP contribution in [0.2, 0.25) is 0 Å². The predicted octanol–water partition coefficient (Wildman–Crippen LogP) is -0.192. The summed E-state index contributed by atoms with van der Waals surface area (Å²) in [5, 5.41) is 6.22. The Morgan fingerprint density at radius 2 is 2.29 bits per heavy atom. The molecule has 0 aromatic heterocycles. The molecule has 0 spiro atoms. The van der Waals surface area contributed by atoms with Crippen molar-refractivity contribution in [3.05, 3.63) is 0 Å². The largest absolute Gasteiger partial charge is 0.355 e. The maximum absolute atomic E-state index is 11.4. The van der Waals surface area contributed by atoms with E-state index in [2.05, 4.69) is 22.5 Å². The average Bonchev–Trinajstić information content (AvgIpc) is 2.43. The summed E-state index contributed by atoms with van der Waals surface area (Å²) >= 11 is 0. The van der Waals surface area contributed by atoms with Crippen LogP contribution in [0.25, 0.3) is 0 Å². The molecule has 0 saturated carbocycles. The van der Waals surface area contributed by atoms with Crippen LogP contribution < -0.4 is 10.6 Å². The van der Waals surface area contributed by atoms with Gasteiger partial charge >= 0.3 is 0 Å². The van der Waals surface area contributed by atoms with Gasteiger partial charge in [-0.1, -0.05) is 6.92 Å². The highest BCUT2D eigenvalue weighted by Crippen LogP contribution is 1.94. The van der Waals surface area contributed by atoms with Crippen molar-refractivity contribution in [3.63, 3.8) is 0 Å². The quantitative estimate of drug-likeness (QED) is 0.659. The summed E-state index contributed by atoms with van der Waals surface area (Å²) in [5.74, 6) is 0.161. The molecule has 2 N–H and O–H groups in total. The minimum absolute atomic E-state index is 0.161. The molecule has 14 heavy (non-hydrogen) atoms. The Bertz CT molecular complexity index is 165. The Kier molecular flexibility index (Phi) is 5.56. The number of carbonyl (C=O) groups is 1. The molecule has 0 atom stereocenters. The zero-order chi connectivity index (χ0) is 10.2. The summed E-state index contributed by atoms with van der Waals surface area (Å²) in [4.78, 5) is 13.6. The van der Waals surface area contributed by atoms with Crippen LogP contribution >= 0.6 is 0 Å². The molecule has 1 aliphatic heterocycles.